The van der Waals surface area contributed by atoms with Crippen molar-refractivity contribution in [2.45, 2.75) is 39.6 Å². The molecule has 2 heterocycles. The number of benzene rings is 1. The van der Waals surface area contributed by atoms with Gasteiger partial charge < -0.3 is 19.4 Å². The summed E-state index contributed by atoms with van der Waals surface area (Å²) in [5.41, 5.74) is 0.386. The monoisotopic (exact) mass is 484 g/mol. The van der Waals surface area contributed by atoms with E-state index in [0.717, 1.165) is 22.5 Å². The fourth-order valence-electron chi connectivity index (χ4n) is 2.69. The van der Waals surface area contributed by atoms with Gasteiger partial charge in [-0.1, -0.05) is 24.1 Å². The first-order valence-electron chi connectivity index (χ1n) is 9.64. The van der Waals surface area contributed by atoms with Crippen molar-refractivity contribution in [3.8, 4) is 18.1 Å². The highest BCUT2D eigenvalue weighted by atomic mass is 31.2. The van der Waals surface area contributed by atoms with Crippen LogP contribution in [0.4, 0.5) is 4.32 Å². The molecular formula is C19H23BFN2O9P. The van der Waals surface area contributed by atoms with Crippen LogP contribution in [0.1, 0.15) is 23.1 Å². The second-order valence-electron chi connectivity index (χ2n) is 6.70. The number of nitrogens with one attached hydrogen (secondary N) is 1. The number of phosphoric ester groups is 1. The molecule has 3 N–H and O–H groups in total. The largest absolute Gasteiger partial charge is 0.532 e. The number of para-hydroxylation sites is 1. The van der Waals surface area contributed by atoms with Gasteiger partial charge in [-0.2, -0.15) is 0 Å². The van der Waals surface area contributed by atoms with Crippen molar-refractivity contribution in [2.24, 2.45) is 0 Å². The van der Waals surface area contributed by atoms with E-state index in [2.05, 4.69) is 15.1 Å². The summed E-state index contributed by atoms with van der Waals surface area (Å²) >= 11 is 0. The van der Waals surface area contributed by atoms with E-state index in [1.807, 2.05) is 30.1 Å². The van der Waals surface area contributed by atoms with Crippen LogP contribution in [0.25, 0.3) is 0 Å². The van der Waals surface area contributed by atoms with Gasteiger partial charge in [0.15, 0.2) is 6.79 Å². The van der Waals surface area contributed by atoms with Crippen LogP contribution in [0, 0.1) is 19.3 Å². The van der Waals surface area contributed by atoms with Gasteiger partial charge in [-0.05, 0) is 19.3 Å². The molecule has 178 valence electrons. The molecule has 0 aliphatic carbocycles. The Bertz CT molecular complexity index is 1160. The second-order valence-corrected chi connectivity index (χ2v) is 8.29. The average molecular weight is 484 g/mol. The summed E-state index contributed by atoms with van der Waals surface area (Å²) in [4.78, 5) is 24.6. The molecule has 1 aliphatic rings. The van der Waals surface area contributed by atoms with E-state index in [9.17, 15) is 23.6 Å². The van der Waals surface area contributed by atoms with Crippen LogP contribution in [-0.2, 0) is 31.4 Å². The standard InChI is InChI=1S/C10H12BFN2O4.C9H11O5P/c1-3-7-6-14(10(17)13-9(7)16)5-4-8(15)18-11(2)12;1-7-3-2-4-8-5-12-15(11,13-6-10)14-9(7)8/h1,6,8,15H,4-5H2,2H3,(H,13,16,17);2-4,10H,5-6H2,1H3/t8-;/m0./s1. The Balaban J connectivity index is 0.000000237. The Labute approximate surface area is 188 Å². The number of aliphatic hydroxyl groups is 2. The van der Waals surface area contributed by atoms with Gasteiger partial charge in [-0.25, -0.2) is 13.9 Å². The van der Waals surface area contributed by atoms with Crippen LogP contribution >= 0.6 is 7.82 Å². The molecule has 0 amide bonds. The van der Waals surface area contributed by atoms with Crippen molar-refractivity contribution >= 4 is 15.0 Å². The number of aromatic amines is 1. The third kappa shape index (κ3) is 7.68. The second kappa shape index (κ2) is 11.9. The minimum Gasteiger partial charge on any atom is -0.403 e. The topological polar surface area (TPSA) is 149 Å². The van der Waals surface area contributed by atoms with Crippen molar-refractivity contribution in [2.75, 3.05) is 6.79 Å². The van der Waals surface area contributed by atoms with Crippen molar-refractivity contribution in [1.82, 2.24) is 9.55 Å². The van der Waals surface area contributed by atoms with Gasteiger partial charge in [0.1, 0.15) is 17.6 Å². The number of H-pyrrole nitrogens is 1. The Morgan fingerprint density at radius 1 is 1.45 bits per heavy atom. The van der Waals surface area contributed by atoms with Gasteiger partial charge in [0.25, 0.3) is 5.56 Å². The highest BCUT2D eigenvalue weighted by Gasteiger charge is 2.34. The number of phosphoric acid groups is 1. The van der Waals surface area contributed by atoms with Crippen LogP contribution < -0.4 is 15.8 Å². The fraction of sp³-hybridized carbons (Fsp3) is 0.368. The Morgan fingerprint density at radius 2 is 2.18 bits per heavy atom. The molecule has 2 atom stereocenters. The molecule has 0 saturated carbocycles. The van der Waals surface area contributed by atoms with Crippen LogP contribution in [-0.4, -0.2) is 40.0 Å². The highest BCUT2D eigenvalue weighted by molar-refractivity contribution is 7.49. The predicted octanol–water partition coefficient (Wildman–Crippen LogP) is 1.31. The third-order valence-corrected chi connectivity index (χ3v) is 5.50. The number of aromatic nitrogens is 2. The smallest absolute Gasteiger partial charge is 0.403 e. The van der Waals surface area contributed by atoms with Crippen LogP contribution in [0.15, 0.2) is 34.0 Å². The van der Waals surface area contributed by atoms with E-state index in [4.69, 9.17) is 20.6 Å². The zero-order chi connectivity index (χ0) is 24.6. The number of fused-ring (bicyclic) bond motifs is 1. The van der Waals surface area contributed by atoms with Crippen LogP contribution in [0.3, 0.4) is 0 Å². The molecule has 14 heteroatoms. The van der Waals surface area contributed by atoms with E-state index in [0.29, 0.717) is 5.75 Å². The lowest BCUT2D eigenvalue weighted by atomic mass is 10.0. The molecule has 0 fully saturated rings. The Kier molecular flexibility index (Phi) is 9.61. The maximum atomic E-state index is 12.4. The molecule has 2 aromatic rings. The molecular weight excluding hydrogens is 461 g/mol. The van der Waals surface area contributed by atoms with Crippen molar-refractivity contribution in [3.05, 3.63) is 61.9 Å². The van der Waals surface area contributed by atoms with Gasteiger partial charge in [0.05, 0.1) is 6.61 Å². The summed E-state index contributed by atoms with van der Waals surface area (Å²) in [5.74, 6) is 2.64. The Hall–Kier alpha value is -2.72. The molecule has 0 saturated heterocycles. The SMILES string of the molecule is C#Cc1cn(CC[C@@H](O)OB(C)F)c(=O)[nH]c1=O.Cc1cccc2c1OP(=O)(OCO)OC2. The first-order chi connectivity index (χ1) is 15.6. The fourth-order valence-corrected chi connectivity index (χ4v) is 3.79. The molecule has 0 bridgehead atoms. The van der Waals surface area contributed by atoms with Gasteiger partial charge >= 0.3 is 20.7 Å². The molecule has 1 aliphatic heterocycles. The lowest BCUT2D eigenvalue weighted by Gasteiger charge is -2.25. The Morgan fingerprint density at radius 3 is 2.82 bits per heavy atom. The molecule has 3 rings (SSSR count). The summed E-state index contributed by atoms with van der Waals surface area (Å²) in [6.07, 6.45) is 4.94. The quantitative estimate of drug-likeness (QED) is 0.229. The van der Waals surface area contributed by atoms with Gasteiger partial charge in [0.2, 0.25) is 0 Å². The maximum Gasteiger partial charge on any atom is 0.532 e. The van der Waals surface area contributed by atoms with E-state index in [1.54, 1.807) is 0 Å². The lowest BCUT2D eigenvalue weighted by Crippen LogP contribution is -2.32. The van der Waals surface area contributed by atoms with Gasteiger partial charge in [-0.3, -0.25) is 23.2 Å². The van der Waals surface area contributed by atoms with E-state index in [-0.39, 0.29) is 25.1 Å². The van der Waals surface area contributed by atoms with Crippen LogP contribution in [0.5, 0.6) is 5.75 Å². The summed E-state index contributed by atoms with van der Waals surface area (Å²) in [6, 6.07) is 5.53. The van der Waals surface area contributed by atoms with Gasteiger partial charge in [-0.15, -0.1) is 6.42 Å². The van der Waals surface area contributed by atoms with Crippen molar-refractivity contribution < 1.29 is 37.3 Å². The van der Waals surface area contributed by atoms with E-state index < -0.39 is 39.3 Å². The summed E-state index contributed by atoms with van der Waals surface area (Å²) < 4.78 is 44.3. The predicted molar refractivity (Wildman–Crippen MR) is 116 cm³/mol. The minimum absolute atomic E-state index is 0.00358. The highest BCUT2D eigenvalue weighted by Crippen LogP contribution is 2.54. The lowest BCUT2D eigenvalue weighted by molar-refractivity contribution is -0.0343. The van der Waals surface area contributed by atoms with E-state index in [1.165, 1.54) is 6.20 Å². The molecule has 1 aromatic carbocycles. The molecule has 11 nitrogen and oxygen atoms in total. The number of rotatable bonds is 7. The molecule has 33 heavy (non-hydrogen) atoms. The molecule has 0 spiro atoms. The van der Waals surface area contributed by atoms with Crippen molar-refractivity contribution in [3.63, 3.8) is 0 Å². The molecule has 0 radical (unpaired) electrons. The first-order valence-corrected chi connectivity index (χ1v) is 11.1. The number of aryl methyl sites for hydroxylation is 2. The number of hydrogen-bond donors (Lipinski definition) is 3. The summed E-state index contributed by atoms with van der Waals surface area (Å²) in [5, 5.41) is 17.8. The number of hydrogen-bond acceptors (Lipinski definition) is 9. The average Bonchev–Trinajstić information content (AvgIpc) is 2.74. The number of halogens is 1. The maximum absolute atomic E-state index is 12.4. The number of terminal acetylenes is 1. The first kappa shape index (κ1) is 26.5. The third-order valence-electron chi connectivity index (χ3n) is 4.22. The van der Waals surface area contributed by atoms with E-state index >= 15 is 0 Å². The minimum atomic E-state index is -3.62. The molecule has 1 unspecified atom stereocenters. The van der Waals surface area contributed by atoms with Crippen LogP contribution in [0.2, 0.25) is 6.82 Å². The summed E-state index contributed by atoms with van der Waals surface area (Å²) in [6.45, 7) is 2.48. The number of aliphatic hydroxyl groups excluding tert-OH is 2. The number of nitrogens with zero attached hydrogens (tertiary/aromatic N) is 1. The molecule has 1 aromatic heterocycles. The summed E-state index contributed by atoms with van der Waals surface area (Å²) in [7, 11) is -5.23. The normalized spacial score (nSPS) is 17.6. The zero-order valence-corrected chi connectivity index (χ0v) is 18.8. The zero-order valence-electron chi connectivity index (χ0n) is 17.9. The van der Waals surface area contributed by atoms with Gasteiger partial charge in [0, 0.05) is 24.7 Å². The van der Waals surface area contributed by atoms with Crippen molar-refractivity contribution in [1.29, 1.82) is 0 Å².